The molecule has 4 aromatic heterocycles. The second-order valence-corrected chi connectivity index (χ2v) is 14.0. The number of rotatable bonds is 6. The predicted octanol–water partition coefficient (Wildman–Crippen LogP) is 13.7. The van der Waals surface area contributed by atoms with Crippen molar-refractivity contribution in [3.8, 4) is 67.3 Å². The number of fused-ring (bicyclic) bond motifs is 6. The second-order valence-electron chi connectivity index (χ2n) is 14.0. The first kappa shape index (κ1) is 31.9. The van der Waals surface area contributed by atoms with Gasteiger partial charge in [-0.2, -0.15) is 0 Å². The summed E-state index contributed by atoms with van der Waals surface area (Å²) in [5.74, 6) is 0.660. The van der Waals surface area contributed by atoms with Crippen LogP contribution in [0.15, 0.2) is 197 Å². The third-order valence-corrected chi connectivity index (χ3v) is 10.6. The maximum atomic E-state index is 6.69. The minimum absolute atomic E-state index is 0.660. The lowest BCUT2D eigenvalue weighted by Gasteiger charge is -2.11. The van der Waals surface area contributed by atoms with Crippen LogP contribution in [0.4, 0.5) is 0 Å². The maximum absolute atomic E-state index is 6.69. The zero-order valence-electron chi connectivity index (χ0n) is 30.1. The van der Waals surface area contributed by atoms with Gasteiger partial charge in [-0.25, -0.2) is 9.97 Å². The molecule has 0 aliphatic rings. The molecule has 0 radical (unpaired) electrons. The average molecular weight is 718 g/mol. The van der Waals surface area contributed by atoms with Crippen LogP contribution < -0.4 is 0 Å². The molecule has 0 aliphatic carbocycles. The van der Waals surface area contributed by atoms with Gasteiger partial charge in [-0.1, -0.05) is 146 Å². The van der Waals surface area contributed by atoms with Crippen molar-refractivity contribution in [2.45, 2.75) is 0 Å². The summed E-state index contributed by atoms with van der Waals surface area (Å²) in [5, 5.41) is 4.34. The first-order valence-corrected chi connectivity index (χ1v) is 18.7. The van der Waals surface area contributed by atoms with Gasteiger partial charge in [0.2, 0.25) is 0 Å². The van der Waals surface area contributed by atoms with Crippen molar-refractivity contribution < 1.29 is 8.83 Å². The molecule has 262 valence electrons. The monoisotopic (exact) mass is 717 g/mol. The van der Waals surface area contributed by atoms with Gasteiger partial charge in [0.1, 0.15) is 22.3 Å². The molecule has 5 heteroatoms. The number of aromatic nitrogens is 3. The molecule has 0 fully saturated rings. The lowest BCUT2D eigenvalue weighted by Crippen LogP contribution is -1.96. The number of furan rings is 2. The largest absolute Gasteiger partial charge is 0.455 e. The predicted molar refractivity (Wildman–Crippen MR) is 227 cm³/mol. The Labute approximate surface area is 322 Å². The lowest BCUT2D eigenvalue weighted by molar-refractivity contribution is 0.669. The van der Waals surface area contributed by atoms with Crippen LogP contribution in [-0.4, -0.2) is 15.0 Å². The van der Waals surface area contributed by atoms with E-state index in [1.165, 1.54) is 0 Å². The van der Waals surface area contributed by atoms with E-state index in [1.807, 2.05) is 54.7 Å². The van der Waals surface area contributed by atoms with Crippen molar-refractivity contribution in [3.05, 3.63) is 188 Å². The van der Waals surface area contributed by atoms with Crippen LogP contribution in [0.25, 0.3) is 111 Å². The fourth-order valence-electron chi connectivity index (χ4n) is 7.89. The quantitative estimate of drug-likeness (QED) is 0.171. The molecular formula is C51H31N3O2. The highest BCUT2D eigenvalue weighted by molar-refractivity contribution is 6.19. The highest BCUT2D eigenvalue weighted by atomic mass is 16.3. The molecule has 0 amide bonds. The molecule has 5 nitrogen and oxygen atoms in total. The van der Waals surface area contributed by atoms with Crippen LogP contribution >= 0.6 is 0 Å². The molecule has 0 bridgehead atoms. The summed E-state index contributed by atoms with van der Waals surface area (Å²) in [6, 6.07) is 60.5. The third-order valence-electron chi connectivity index (χ3n) is 10.6. The first-order valence-electron chi connectivity index (χ1n) is 18.7. The Hall–Kier alpha value is -7.63. The van der Waals surface area contributed by atoms with Crippen LogP contribution in [0.1, 0.15) is 0 Å². The number of pyridine rings is 1. The summed E-state index contributed by atoms with van der Waals surface area (Å²) >= 11 is 0. The van der Waals surface area contributed by atoms with Crippen LogP contribution in [0.2, 0.25) is 0 Å². The van der Waals surface area contributed by atoms with Crippen molar-refractivity contribution >= 4 is 43.9 Å². The molecule has 0 saturated carbocycles. The van der Waals surface area contributed by atoms with Gasteiger partial charge in [-0.3, -0.25) is 4.98 Å². The molecule has 0 saturated heterocycles. The Morgan fingerprint density at radius 3 is 1.71 bits per heavy atom. The SMILES string of the molecule is c1ccc(-c2cc(-c3ccc(-c4cccnc4)cc3)nc(-c3ccc(-c4ccc(-c5cccc6c5oc5ccccc56)c5c4oc4ccccc45)cc3)n2)cc1. The van der Waals surface area contributed by atoms with Crippen LogP contribution in [0, 0.1) is 0 Å². The summed E-state index contributed by atoms with van der Waals surface area (Å²) in [5.41, 5.74) is 14.5. The summed E-state index contributed by atoms with van der Waals surface area (Å²) in [4.78, 5) is 14.5. The summed E-state index contributed by atoms with van der Waals surface area (Å²) in [6.45, 7) is 0. The van der Waals surface area contributed by atoms with Gasteiger partial charge in [0.25, 0.3) is 0 Å². The van der Waals surface area contributed by atoms with E-state index < -0.39 is 0 Å². The van der Waals surface area contributed by atoms with Crippen molar-refractivity contribution in [1.82, 2.24) is 15.0 Å². The van der Waals surface area contributed by atoms with E-state index in [0.717, 1.165) is 105 Å². The Bertz CT molecular complexity index is 3220. The highest BCUT2D eigenvalue weighted by Gasteiger charge is 2.21. The molecular weight excluding hydrogens is 687 g/mol. The van der Waals surface area contributed by atoms with Crippen LogP contribution in [0.5, 0.6) is 0 Å². The highest BCUT2D eigenvalue weighted by Crippen LogP contribution is 2.45. The van der Waals surface area contributed by atoms with E-state index >= 15 is 0 Å². The normalized spacial score (nSPS) is 11.6. The molecule has 7 aromatic carbocycles. The molecule has 11 aromatic rings. The molecule has 0 atom stereocenters. The maximum Gasteiger partial charge on any atom is 0.160 e. The fraction of sp³-hybridized carbons (Fsp3) is 0. The van der Waals surface area contributed by atoms with Crippen molar-refractivity contribution in [3.63, 3.8) is 0 Å². The topological polar surface area (TPSA) is 65.0 Å². The Morgan fingerprint density at radius 1 is 0.357 bits per heavy atom. The van der Waals surface area contributed by atoms with Crippen LogP contribution in [0.3, 0.4) is 0 Å². The number of para-hydroxylation sites is 3. The standard InChI is InChI=1S/C51H31N3O2/c1-2-10-34(11-3-1)44-30-45(35-23-19-32(20-24-35)37-12-9-29-52-31-37)54-51(53-44)36-25-21-33(22-26-36)38-27-28-40(48-43-14-5-7-18-47(43)56-50(38)48)42-16-8-15-41-39-13-4-6-17-46(39)55-49(41)42/h1-31H. The molecule has 0 N–H and O–H groups in total. The zero-order chi connectivity index (χ0) is 37.0. The van der Waals surface area contributed by atoms with Gasteiger partial charge in [0.05, 0.1) is 11.4 Å². The smallest absolute Gasteiger partial charge is 0.160 e. The van der Waals surface area contributed by atoms with E-state index in [2.05, 4.69) is 132 Å². The number of hydrogen-bond acceptors (Lipinski definition) is 5. The van der Waals surface area contributed by atoms with E-state index in [4.69, 9.17) is 18.8 Å². The molecule has 11 rings (SSSR count). The minimum atomic E-state index is 0.660. The minimum Gasteiger partial charge on any atom is -0.455 e. The first-order chi connectivity index (χ1) is 27.7. The number of nitrogens with zero attached hydrogens (tertiary/aromatic N) is 3. The Kier molecular flexibility index (Phi) is 7.42. The number of benzene rings is 7. The van der Waals surface area contributed by atoms with Gasteiger partial charge in [-0.15, -0.1) is 0 Å². The van der Waals surface area contributed by atoms with Gasteiger partial charge in [-0.05, 0) is 52.6 Å². The van der Waals surface area contributed by atoms with Gasteiger partial charge < -0.3 is 8.83 Å². The molecule has 0 aliphatic heterocycles. The van der Waals surface area contributed by atoms with E-state index in [1.54, 1.807) is 6.20 Å². The zero-order valence-corrected chi connectivity index (χ0v) is 30.1. The van der Waals surface area contributed by atoms with Crippen LogP contribution in [-0.2, 0) is 0 Å². The van der Waals surface area contributed by atoms with Crippen molar-refractivity contribution in [2.24, 2.45) is 0 Å². The van der Waals surface area contributed by atoms with Gasteiger partial charge in [0.15, 0.2) is 5.82 Å². The number of hydrogen-bond donors (Lipinski definition) is 0. The average Bonchev–Trinajstić information content (AvgIpc) is 3.86. The molecule has 0 unspecified atom stereocenters. The lowest BCUT2D eigenvalue weighted by atomic mass is 9.93. The Morgan fingerprint density at radius 2 is 0.946 bits per heavy atom. The molecule has 4 heterocycles. The van der Waals surface area contributed by atoms with Crippen molar-refractivity contribution in [2.75, 3.05) is 0 Å². The summed E-state index contributed by atoms with van der Waals surface area (Å²) in [6.07, 6.45) is 3.67. The fourth-order valence-corrected chi connectivity index (χ4v) is 7.89. The summed E-state index contributed by atoms with van der Waals surface area (Å²) in [7, 11) is 0. The third kappa shape index (κ3) is 5.37. The van der Waals surface area contributed by atoms with Gasteiger partial charge in [0, 0.05) is 61.8 Å². The van der Waals surface area contributed by atoms with E-state index in [0.29, 0.717) is 5.82 Å². The van der Waals surface area contributed by atoms with E-state index in [9.17, 15) is 0 Å². The Balaban J connectivity index is 1.02. The second kappa shape index (κ2) is 13.0. The molecule has 56 heavy (non-hydrogen) atoms. The van der Waals surface area contributed by atoms with Crippen molar-refractivity contribution in [1.29, 1.82) is 0 Å². The summed E-state index contributed by atoms with van der Waals surface area (Å²) < 4.78 is 13.2. The van der Waals surface area contributed by atoms with Gasteiger partial charge >= 0.3 is 0 Å². The van der Waals surface area contributed by atoms with E-state index in [-0.39, 0.29) is 0 Å². The molecule has 0 spiro atoms.